The summed E-state index contributed by atoms with van der Waals surface area (Å²) in [7, 11) is 4.19. The molecule has 7 heterocycles. The third-order valence-corrected chi connectivity index (χ3v) is 9.67. The number of H-pyrrole nitrogens is 2. The van der Waals surface area contributed by atoms with Gasteiger partial charge in [0.1, 0.15) is 0 Å². The Kier molecular flexibility index (Phi) is 7.28. The Labute approximate surface area is 291 Å². The fourth-order valence-corrected chi connectivity index (χ4v) is 7.16. The minimum absolute atomic E-state index is 0.825. The summed E-state index contributed by atoms with van der Waals surface area (Å²) in [6, 6.07) is 29.8. The molecule has 2 N–H and O–H groups in total. The van der Waals surface area contributed by atoms with Crippen molar-refractivity contribution in [2.24, 2.45) is 0 Å². The molecule has 5 aromatic rings. The van der Waals surface area contributed by atoms with Crippen LogP contribution in [0.1, 0.15) is 33.9 Å². The zero-order valence-electron chi connectivity index (χ0n) is 28.1. The van der Waals surface area contributed by atoms with Crippen molar-refractivity contribution >= 4 is 57.5 Å². The van der Waals surface area contributed by atoms with Crippen LogP contribution >= 0.6 is 0 Å². The largest absolute Gasteiger partial charge is 0.377 e. The molecule has 0 atom stereocenters. The first-order valence-electron chi connectivity index (χ1n) is 17.0. The van der Waals surface area contributed by atoms with Crippen LogP contribution in [0.15, 0.2) is 122 Å². The maximum absolute atomic E-state index is 5.39. The molecular formula is C44H36N6. The number of allylic oxidation sites excluding steroid dienone is 4. The zero-order valence-corrected chi connectivity index (χ0v) is 28.1. The Morgan fingerprint density at radius 1 is 0.440 bits per heavy atom. The topological polar surface area (TPSA) is 63.8 Å². The number of aromatic amines is 2. The first kappa shape index (κ1) is 29.7. The minimum Gasteiger partial charge on any atom is -0.377 e. The van der Waals surface area contributed by atoms with Crippen molar-refractivity contribution in [2.45, 2.75) is 0 Å². The molecule has 0 unspecified atom stereocenters. The second-order valence-corrected chi connectivity index (χ2v) is 13.1. The zero-order chi connectivity index (χ0) is 33.6. The summed E-state index contributed by atoms with van der Waals surface area (Å²) in [5.74, 6) is 0. The van der Waals surface area contributed by atoms with Gasteiger partial charge in [0.25, 0.3) is 0 Å². The average Bonchev–Trinajstić information content (AvgIpc) is 3.98. The molecule has 3 aromatic heterocycles. The highest BCUT2D eigenvalue weighted by Crippen LogP contribution is 2.37. The predicted octanol–water partition coefficient (Wildman–Crippen LogP) is 9.67. The normalized spacial score (nSPS) is 15.1. The molecule has 0 aliphatic carbocycles. The number of hydrogen-bond acceptors (Lipinski definition) is 4. The molecule has 9 rings (SSSR count). The summed E-state index contributed by atoms with van der Waals surface area (Å²) in [5, 5.41) is 0. The molecular weight excluding hydrogens is 613 g/mol. The van der Waals surface area contributed by atoms with Crippen molar-refractivity contribution in [3.05, 3.63) is 156 Å². The molecule has 6 heteroatoms. The number of aromatic nitrogens is 4. The third-order valence-electron chi connectivity index (χ3n) is 9.67. The molecule has 0 spiro atoms. The maximum Gasteiger partial charge on any atom is 0.0737 e. The Hall–Kier alpha value is -6.40. The van der Waals surface area contributed by atoms with E-state index < -0.39 is 0 Å². The fourth-order valence-electron chi connectivity index (χ4n) is 7.16. The molecule has 0 amide bonds. The highest BCUT2D eigenvalue weighted by atomic mass is 15.1. The lowest BCUT2D eigenvalue weighted by Gasteiger charge is -2.17. The number of nitrogens with one attached hydrogen (secondary N) is 2. The van der Waals surface area contributed by atoms with Crippen LogP contribution in [0.4, 0.5) is 0 Å². The highest BCUT2D eigenvalue weighted by Gasteiger charge is 2.20. The summed E-state index contributed by atoms with van der Waals surface area (Å²) in [6.07, 6.45) is 21.8. The van der Waals surface area contributed by atoms with Gasteiger partial charge in [0, 0.05) is 71.5 Å². The first-order chi connectivity index (χ1) is 24.6. The van der Waals surface area contributed by atoms with Crippen LogP contribution in [-0.2, 0) is 0 Å². The number of benzene rings is 2. The number of likely N-dealkylation sites (N-methyl/N-ethyl adjacent to an activating group) is 2. The van der Waals surface area contributed by atoms with Gasteiger partial charge in [-0.05, 0) is 95.4 Å². The van der Waals surface area contributed by atoms with E-state index >= 15 is 0 Å². The van der Waals surface area contributed by atoms with Gasteiger partial charge < -0.3 is 19.8 Å². The molecule has 4 aliphatic rings. The van der Waals surface area contributed by atoms with Gasteiger partial charge >= 0.3 is 0 Å². The van der Waals surface area contributed by atoms with Crippen molar-refractivity contribution in [3.8, 4) is 22.3 Å². The van der Waals surface area contributed by atoms with E-state index in [4.69, 9.17) is 9.97 Å². The second kappa shape index (κ2) is 12.2. The minimum atomic E-state index is 0.825. The SMILES string of the molecule is CN1C=CC(c2c3nc(c(-c4ccccc4)c4ccc([nH]4)c(C4=CCN(C)C=C4)c4nc(c(-c5ccccc5)c5ccc2[nH]5)C=C4)C=C3)=CC1. The van der Waals surface area contributed by atoms with Gasteiger partial charge in [0.2, 0.25) is 0 Å². The Bertz CT molecular complexity index is 2330. The molecule has 0 radical (unpaired) electrons. The molecule has 2 aromatic carbocycles. The fraction of sp³-hybridized carbons (Fsp3) is 0.0909. The number of nitrogens with zero attached hydrogens (tertiary/aromatic N) is 4. The monoisotopic (exact) mass is 648 g/mol. The van der Waals surface area contributed by atoms with E-state index in [9.17, 15) is 0 Å². The Morgan fingerprint density at radius 3 is 1.16 bits per heavy atom. The van der Waals surface area contributed by atoms with E-state index in [2.05, 4.69) is 180 Å². The second-order valence-electron chi connectivity index (χ2n) is 13.1. The van der Waals surface area contributed by atoms with Crippen molar-refractivity contribution in [1.82, 2.24) is 29.7 Å². The molecule has 242 valence electrons. The van der Waals surface area contributed by atoms with Crippen LogP contribution in [0.2, 0.25) is 0 Å². The van der Waals surface area contributed by atoms with Gasteiger partial charge in [-0.25, -0.2) is 9.97 Å². The van der Waals surface area contributed by atoms with E-state index in [1.807, 2.05) is 0 Å². The summed E-state index contributed by atoms with van der Waals surface area (Å²) in [5.41, 5.74) is 16.4. The highest BCUT2D eigenvalue weighted by molar-refractivity contribution is 5.99. The van der Waals surface area contributed by atoms with Crippen LogP contribution in [0.5, 0.6) is 0 Å². The summed E-state index contributed by atoms with van der Waals surface area (Å²) >= 11 is 0. The summed E-state index contributed by atoms with van der Waals surface area (Å²) in [6.45, 7) is 1.65. The van der Waals surface area contributed by atoms with E-state index in [0.717, 1.165) is 102 Å². The lowest BCUT2D eigenvalue weighted by molar-refractivity contribution is 0.506. The van der Waals surface area contributed by atoms with Crippen molar-refractivity contribution < 1.29 is 0 Å². The van der Waals surface area contributed by atoms with Gasteiger partial charge in [-0.15, -0.1) is 0 Å². The smallest absolute Gasteiger partial charge is 0.0737 e. The molecule has 4 aliphatic heterocycles. The van der Waals surface area contributed by atoms with Gasteiger partial charge in [0.15, 0.2) is 0 Å². The van der Waals surface area contributed by atoms with Crippen LogP contribution in [0.25, 0.3) is 79.8 Å². The molecule has 6 nitrogen and oxygen atoms in total. The van der Waals surface area contributed by atoms with E-state index in [0.29, 0.717) is 0 Å². The molecule has 0 saturated carbocycles. The van der Waals surface area contributed by atoms with Crippen LogP contribution in [0, 0.1) is 0 Å². The number of rotatable bonds is 4. The van der Waals surface area contributed by atoms with Gasteiger partial charge in [-0.2, -0.15) is 0 Å². The standard InChI is InChI=1S/C44H36N6/c1-49-25-21-31(22-26-49)43-37-17-13-33(45-37)41(29-9-5-3-6-10-29)35-15-19-39(47-35)44(32-23-27-50(2)28-24-32)40-20-16-36(48-40)42(30-11-7-4-8-12-30)34-14-18-38(43)46-34/h3-25,27,45,48H,26,28H2,1-2H3. The van der Waals surface area contributed by atoms with Crippen LogP contribution in [-0.4, -0.2) is 56.9 Å². The molecule has 8 bridgehead atoms. The Balaban J connectivity index is 1.45. The van der Waals surface area contributed by atoms with Crippen LogP contribution in [0.3, 0.4) is 0 Å². The number of hydrogen-bond donors (Lipinski definition) is 2. The molecule has 0 saturated heterocycles. The molecule has 50 heavy (non-hydrogen) atoms. The third kappa shape index (κ3) is 5.31. The predicted molar refractivity (Wildman–Crippen MR) is 209 cm³/mol. The van der Waals surface area contributed by atoms with Gasteiger partial charge in [0.05, 0.1) is 22.8 Å². The molecule has 0 fully saturated rings. The van der Waals surface area contributed by atoms with E-state index in [1.165, 1.54) is 0 Å². The average molecular weight is 649 g/mol. The van der Waals surface area contributed by atoms with Crippen molar-refractivity contribution in [3.63, 3.8) is 0 Å². The lowest BCUT2D eigenvalue weighted by atomic mass is 10.0. The van der Waals surface area contributed by atoms with Crippen LogP contribution < -0.4 is 0 Å². The Morgan fingerprint density at radius 2 is 0.800 bits per heavy atom. The first-order valence-corrected chi connectivity index (χ1v) is 17.0. The van der Waals surface area contributed by atoms with E-state index in [1.54, 1.807) is 0 Å². The van der Waals surface area contributed by atoms with Crippen molar-refractivity contribution in [2.75, 3.05) is 27.2 Å². The summed E-state index contributed by atoms with van der Waals surface area (Å²) < 4.78 is 0. The summed E-state index contributed by atoms with van der Waals surface area (Å²) in [4.78, 5) is 22.8. The lowest BCUT2D eigenvalue weighted by Crippen LogP contribution is -2.13. The van der Waals surface area contributed by atoms with Gasteiger partial charge in [-0.3, -0.25) is 0 Å². The van der Waals surface area contributed by atoms with E-state index in [-0.39, 0.29) is 0 Å². The van der Waals surface area contributed by atoms with Crippen molar-refractivity contribution in [1.29, 1.82) is 0 Å². The number of fused-ring (bicyclic) bond motifs is 8. The van der Waals surface area contributed by atoms with Gasteiger partial charge in [-0.1, -0.05) is 72.8 Å². The maximum atomic E-state index is 5.39. The quantitative estimate of drug-likeness (QED) is 0.200.